The van der Waals surface area contributed by atoms with Crippen molar-refractivity contribution in [2.75, 3.05) is 19.0 Å². The van der Waals surface area contributed by atoms with Crippen molar-refractivity contribution in [2.24, 2.45) is 5.73 Å². The molecule has 0 spiro atoms. The molecule has 0 amide bonds. The van der Waals surface area contributed by atoms with E-state index in [1.807, 2.05) is 6.92 Å². The van der Waals surface area contributed by atoms with E-state index in [-0.39, 0.29) is 6.04 Å². The van der Waals surface area contributed by atoms with Crippen LogP contribution in [0.15, 0.2) is 4.47 Å². The lowest BCUT2D eigenvalue weighted by molar-refractivity contribution is 0.412. The van der Waals surface area contributed by atoms with Crippen molar-refractivity contribution in [3.05, 3.63) is 21.2 Å². The van der Waals surface area contributed by atoms with E-state index in [0.717, 1.165) is 33.6 Å². The fraction of sp³-hybridized carbons (Fsp3) is 0.538. The summed E-state index contributed by atoms with van der Waals surface area (Å²) in [5.74, 6) is 0.906. The molecule has 1 unspecified atom stereocenters. The summed E-state index contributed by atoms with van der Waals surface area (Å²) >= 11 is 3.62. The molecule has 0 aliphatic rings. The fourth-order valence-corrected chi connectivity index (χ4v) is 2.31. The van der Waals surface area contributed by atoms with E-state index >= 15 is 0 Å². The maximum atomic E-state index is 5.77. The van der Waals surface area contributed by atoms with Gasteiger partial charge in [0.2, 0.25) is 0 Å². The molecule has 0 aliphatic carbocycles. The molecular weight excluding hydrogens is 280 g/mol. The van der Waals surface area contributed by atoms with Gasteiger partial charge < -0.3 is 15.8 Å². The van der Waals surface area contributed by atoms with E-state index in [4.69, 9.17) is 10.5 Å². The van der Waals surface area contributed by atoms with Crippen molar-refractivity contribution in [3.63, 3.8) is 0 Å². The van der Waals surface area contributed by atoms with Gasteiger partial charge in [0.05, 0.1) is 12.8 Å². The third-order valence-electron chi connectivity index (χ3n) is 2.97. The topological polar surface area (TPSA) is 47.3 Å². The van der Waals surface area contributed by atoms with Gasteiger partial charge in [-0.3, -0.25) is 0 Å². The van der Waals surface area contributed by atoms with Crippen LogP contribution in [0.2, 0.25) is 0 Å². The Labute approximate surface area is 112 Å². The van der Waals surface area contributed by atoms with Crippen LogP contribution < -0.4 is 15.8 Å². The lowest BCUT2D eigenvalue weighted by atomic mass is 10.0. The SMILES string of the molecule is COc1c(C)c(C)c(Br)c(C)c1NCC(C)N. The summed E-state index contributed by atoms with van der Waals surface area (Å²) in [5, 5.41) is 3.36. The smallest absolute Gasteiger partial charge is 0.145 e. The highest BCUT2D eigenvalue weighted by atomic mass is 79.9. The Kier molecular flexibility index (Phi) is 4.83. The Balaban J connectivity index is 3.26. The number of benzene rings is 1. The molecule has 1 rings (SSSR count). The van der Waals surface area contributed by atoms with Crippen molar-refractivity contribution < 1.29 is 4.74 Å². The summed E-state index contributed by atoms with van der Waals surface area (Å²) in [5.41, 5.74) is 10.3. The Morgan fingerprint density at radius 1 is 1.24 bits per heavy atom. The van der Waals surface area contributed by atoms with E-state index in [9.17, 15) is 0 Å². The normalized spacial score (nSPS) is 12.4. The van der Waals surface area contributed by atoms with E-state index < -0.39 is 0 Å². The molecule has 0 heterocycles. The predicted molar refractivity (Wildman–Crippen MR) is 77.0 cm³/mol. The molecule has 4 heteroatoms. The van der Waals surface area contributed by atoms with Crippen LogP contribution in [0.25, 0.3) is 0 Å². The molecule has 0 fully saturated rings. The largest absolute Gasteiger partial charge is 0.494 e. The molecule has 0 aromatic heterocycles. The second kappa shape index (κ2) is 5.74. The Hall–Kier alpha value is -0.740. The Morgan fingerprint density at radius 2 is 1.82 bits per heavy atom. The summed E-state index contributed by atoms with van der Waals surface area (Å²) in [6.45, 7) is 8.93. The highest BCUT2D eigenvalue weighted by Gasteiger charge is 2.16. The summed E-state index contributed by atoms with van der Waals surface area (Å²) in [6.07, 6.45) is 0. The van der Waals surface area contributed by atoms with Crippen molar-refractivity contribution in [2.45, 2.75) is 33.7 Å². The first-order chi connectivity index (χ1) is 7.90. The van der Waals surface area contributed by atoms with E-state index in [1.165, 1.54) is 5.56 Å². The van der Waals surface area contributed by atoms with Crippen LogP contribution in [-0.2, 0) is 0 Å². The van der Waals surface area contributed by atoms with Gasteiger partial charge in [-0.05, 0) is 44.4 Å². The molecule has 3 N–H and O–H groups in total. The van der Waals surface area contributed by atoms with Crippen molar-refractivity contribution in [3.8, 4) is 5.75 Å². The first-order valence-electron chi connectivity index (χ1n) is 5.72. The van der Waals surface area contributed by atoms with Gasteiger partial charge in [0, 0.05) is 17.1 Å². The second-order valence-corrected chi connectivity index (χ2v) is 5.25. The van der Waals surface area contributed by atoms with Crippen LogP contribution in [0.1, 0.15) is 23.6 Å². The Morgan fingerprint density at radius 3 is 2.29 bits per heavy atom. The number of hydrogen-bond acceptors (Lipinski definition) is 3. The number of nitrogens with two attached hydrogens (primary N) is 1. The first-order valence-corrected chi connectivity index (χ1v) is 6.52. The third kappa shape index (κ3) is 2.93. The zero-order valence-corrected chi connectivity index (χ0v) is 12.7. The third-order valence-corrected chi connectivity index (χ3v) is 4.16. The van der Waals surface area contributed by atoms with E-state index in [1.54, 1.807) is 7.11 Å². The number of methoxy groups -OCH3 is 1. The van der Waals surface area contributed by atoms with Crippen molar-refractivity contribution in [1.82, 2.24) is 0 Å². The zero-order chi connectivity index (χ0) is 13.2. The van der Waals surface area contributed by atoms with E-state index in [2.05, 4.69) is 42.0 Å². The predicted octanol–water partition coefficient (Wildman–Crippen LogP) is 3.14. The first kappa shape index (κ1) is 14.3. The molecular formula is C13H21BrN2O. The number of anilines is 1. The van der Waals surface area contributed by atoms with Gasteiger partial charge in [0.15, 0.2) is 0 Å². The molecule has 3 nitrogen and oxygen atoms in total. The lowest BCUT2D eigenvalue weighted by Crippen LogP contribution is -2.25. The monoisotopic (exact) mass is 300 g/mol. The fourth-order valence-electron chi connectivity index (χ4n) is 1.81. The number of nitrogens with one attached hydrogen (secondary N) is 1. The van der Waals surface area contributed by atoms with Gasteiger partial charge in [-0.15, -0.1) is 0 Å². The van der Waals surface area contributed by atoms with Crippen molar-refractivity contribution in [1.29, 1.82) is 0 Å². The minimum Gasteiger partial charge on any atom is -0.494 e. The average Bonchev–Trinajstić information content (AvgIpc) is 2.29. The molecule has 0 bridgehead atoms. The zero-order valence-electron chi connectivity index (χ0n) is 11.1. The molecule has 0 aliphatic heterocycles. The Bertz CT molecular complexity index is 417. The van der Waals surface area contributed by atoms with Crippen molar-refractivity contribution >= 4 is 21.6 Å². The average molecular weight is 301 g/mol. The lowest BCUT2D eigenvalue weighted by Gasteiger charge is -2.20. The van der Waals surface area contributed by atoms with Gasteiger partial charge in [-0.2, -0.15) is 0 Å². The number of hydrogen-bond donors (Lipinski definition) is 2. The number of halogens is 1. The quantitative estimate of drug-likeness (QED) is 0.898. The standard InChI is InChI=1S/C13H21BrN2O/c1-7(15)6-16-12-10(4)11(14)8(2)9(3)13(12)17-5/h7,16H,6,15H2,1-5H3. The molecule has 0 saturated heterocycles. The van der Waals surface area contributed by atoms with Crippen LogP contribution in [0.3, 0.4) is 0 Å². The maximum absolute atomic E-state index is 5.77. The highest BCUT2D eigenvalue weighted by Crippen LogP contribution is 2.39. The molecule has 17 heavy (non-hydrogen) atoms. The number of ether oxygens (including phenoxy) is 1. The summed E-state index contributed by atoms with van der Waals surface area (Å²) < 4.78 is 6.63. The summed E-state index contributed by atoms with van der Waals surface area (Å²) in [4.78, 5) is 0. The van der Waals surface area contributed by atoms with Gasteiger partial charge in [0.25, 0.3) is 0 Å². The molecule has 1 aromatic rings. The molecule has 96 valence electrons. The van der Waals surface area contributed by atoms with Crippen LogP contribution in [0, 0.1) is 20.8 Å². The van der Waals surface area contributed by atoms with Crippen LogP contribution >= 0.6 is 15.9 Å². The summed E-state index contributed by atoms with van der Waals surface area (Å²) in [7, 11) is 1.70. The van der Waals surface area contributed by atoms with Gasteiger partial charge in [-0.1, -0.05) is 15.9 Å². The highest BCUT2D eigenvalue weighted by molar-refractivity contribution is 9.10. The molecule has 0 radical (unpaired) electrons. The summed E-state index contributed by atoms with van der Waals surface area (Å²) in [6, 6.07) is 0.111. The molecule has 1 aromatic carbocycles. The van der Waals surface area contributed by atoms with E-state index in [0.29, 0.717) is 0 Å². The maximum Gasteiger partial charge on any atom is 0.145 e. The second-order valence-electron chi connectivity index (χ2n) is 4.46. The van der Waals surface area contributed by atoms with Crippen LogP contribution in [0.4, 0.5) is 5.69 Å². The van der Waals surface area contributed by atoms with Gasteiger partial charge >= 0.3 is 0 Å². The van der Waals surface area contributed by atoms with Crippen LogP contribution in [0.5, 0.6) is 5.75 Å². The minimum absolute atomic E-state index is 0.111. The van der Waals surface area contributed by atoms with Crippen LogP contribution in [-0.4, -0.2) is 19.7 Å². The molecule has 0 saturated carbocycles. The molecule has 1 atom stereocenters. The van der Waals surface area contributed by atoms with Gasteiger partial charge in [0.1, 0.15) is 5.75 Å². The van der Waals surface area contributed by atoms with Gasteiger partial charge in [-0.25, -0.2) is 0 Å². The minimum atomic E-state index is 0.111. The number of rotatable bonds is 4.